The molecule has 8 rings (SSSR count). The minimum absolute atomic E-state index is 0.0113. The summed E-state index contributed by atoms with van der Waals surface area (Å²) in [5.74, 6) is 5.18. The number of amides is 2. The zero-order valence-electron chi connectivity index (χ0n) is 40.7. The summed E-state index contributed by atoms with van der Waals surface area (Å²) in [5.41, 5.74) is 2.68. The normalized spacial score (nSPS) is 18.8. The first kappa shape index (κ1) is 51.4. The molecule has 4 aliphatic rings. The number of ketones is 1. The molecule has 368 valence electrons. The Bertz CT molecular complexity index is 2250. The average Bonchev–Trinajstić information content (AvgIpc) is 3.99. The highest BCUT2D eigenvalue weighted by Gasteiger charge is 2.35. The summed E-state index contributed by atoms with van der Waals surface area (Å²) in [6.07, 6.45) is 6.84. The van der Waals surface area contributed by atoms with Gasteiger partial charge in [0.2, 0.25) is 11.8 Å². The summed E-state index contributed by atoms with van der Waals surface area (Å²) in [4.78, 5) is 57.3. The molecule has 0 saturated carbocycles. The second kappa shape index (κ2) is 24.9. The first-order valence-electron chi connectivity index (χ1n) is 24.5. The zero-order chi connectivity index (χ0) is 48.2. The maximum atomic E-state index is 13.2. The smallest absolute Gasteiger partial charge is 0.225 e. The number of oxime groups is 1. The SMILES string of the molecule is CN(C)Cc1ccc(CN2CCC(C(=O)N3CCC(C(=O)c4ccc(Cl)cc4)CC3)CC2)o1.CON=C(c1ccc(Cl)cc1)C1CCN(C(=O)C2CCN(Cc3ccc(CN(C)C)o3)CC2)CC1. The molecule has 13 nitrogen and oxygen atoms in total. The van der Waals surface area contributed by atoms with E-state index >= 15 is 0 Å². The second-order valence-electron chi connectivity index (χ2n) is 19.5. The van der Waals surface area contributed by atoms with Crippen LogP contribution in [0.2, 0.25) is 10.0 Å². The summed E-state index contributed by atoms with van der Waals surface area (Å²) in [6.45, 7) is 9.77. The standard InChI is InChI=1S/C27H37ClN4O3.C26H34ClN3O3/c1-30(2)18-24-8-9-25(35-24)19-31-14-10-22(11-15-31)27(33)32-16-12-21(13-17-32)26(29-34-3)20-4-6-23(28)7-5-20;1-28(2)17-23-7-8-24(33-23)18-29-13-9-21(10-14-29)26(32)30-15-11-20(12-16-30)25(31)19-3-5-22(27)6-4-19/h4-9,21-22H,10-19H2,1-3H3;3-8,20-21H,9-18H2,1-2H3. The van der Waals surface area contributed by atoms with Gasteiger partial charge in [0, 0.05) is 65.5 Å². The van der Waals surface area contributed by atoms with E-state index in [0.29, 0.717) is 34.6 Å². The Labute approximate surface area is 413 Å². The fourth-order valence-electron chi connectivity index (χ4n) is 10.1. The van der Waals surface area contributed by atoms with Gasteiger partial charge in [0.25, 0.3) is 0 Å². The summed E-state index contributed by atoms with van der Waals surface area (Å²) in [7, 11) is 9.72. The average molecular weight is 973 g/mol. The highest BCUT2D eigenvalue weighted by Crippen LogP contribution is 2.30. The molecular formula is C53H71Cl2N7O6. The van der Waals surface area contributed by atoms with Crippen LogP contribution in [0.15, 0.2) is 86.8 Å². The molecule has 4 saturated heterocycles. The van der Waals surface area contributed by atoms with E-state index in [2.05, 4.69) is 47.9 Å². The van der Waals surface area contributed by atoms with Crippen LogP contribution in [0.1, 0.15) is 90.3 Å². The summed E-state index contributed by atoms with van der Waals surface area (Å²) in [5, 5.41) is 5.66. The van der Waals surface area contributed by atoms with Crippen molar-refractivity contribution in [3.05, 3.63) is 117 Å². The number of hydrogen-bond donors (Lipinski definition) is 0. The molecule has 0 atom stereocenters. The third-order valence-electron chi connectivity index (χ3n) is 13.8. The van der Waals surface area contributed by atoms with E-state index in [9.17, 15) is 14.4 Å². The van der Waals surface area contributed by atoms with Gasteiger partial charge >= 0.3 is 0 Å². The number of carbonyl (C=O) groups is 3. The third kappa shape index (κ3) is 14.5. The van der Waals surface area contributed by atoms with Crippen LogP contribution >= 0.6 is 23.2 Å². The highest BCUT2D eigenvalue weighted by atomic mass is 35.5. The van der Waals surface area contributed by atoms with E-state index in [1.54, 1.807) is 31.4 Å². The van der Waals surface area contributed by atoms with Gasteiger partial charge < -0.3 is 33.3 Å². The summed E-state index contributed by atoms with van der Waals surface area (Å²) < 4.78 is 11.9. The molecule has 6 heterocycles. The van der Waals surface area contributed by atoms with E-state index < -0.39 is 0 Å². The second-order valence-corrected chi connectivity index (χ2v) is 20.4. The van der Waals surface area contributed by atoms with Crippen molar-refractivity contribution in [1.82, 2.24) is 29.4 Å². The highest BCUT2D eigenvalue weighted by molar-refractivity contribution is 6.31. The van der Waals surface area contributed by atoms with Gasteiger partial charge in [-0.1, -0.05) is 40.5 Å². The number of carbonyl (C=O) groups excluding carboxylic acids is 3. The first-order valence-corrected chi connectivity index (χ1v) is 25.2. The molecule has 68 heavy (non-hydrogen) atoms. The lowest BCUT2D eigenvalue weighted by atomic mass is 9.87. The fraction of sp³-hybridized carbons (Fsp3) is 0.547. The van der Waals surface area contributed by atoms with Crippen LogP contribution in [0.3, 0.4) is 0 Å². The van der Waals surface area contributed by atoms with Crippen molar-refractivity contribution < 1.29 is 28.1 Å². The maximum absolute atomic E-state index is 13.2. The van der Waals surface area contributed by atoms with Gasteiger partial charge in [0.15, 0.2) is 5.78 Å². The van der Waals surface area contributed by atoms with Crippen molar-refractivity contribution in [3.63, 3.8) is 0 Å². The summed E-state index contributed by atoms with van der Waals surface area (Å²) >= 11 is 12.0. The minimum atomic E-state index is -0.0113. The van der Waals surface area contributed by atoms with Gasteiger partial charge in [0.05, 0.1) is 31.9 Å². The molecule has 2 aromatic carbocycles. The Kier molecular flexibility index (Phi) is 18.8. The quantitative estimate of drug-likeness (QED) is 0.0650. The Morgan fingerprint density at radius 1 is 0.529 bits per heavy atom. The van der Waals surface area contributed by atoms with Crippen LogP contribution in [-0.2, 0) is 40.6 Å². The predicted octanol–water partition coefficient (Wildman–Crippen LogP) is 8.82. The van der Waals surface area contributed by atoms with Gasteiger partial charge in [-0.15, -0.1) is 0 Å². The number of furan rings is 2. The van der Waals surface area contributed by atoms with Crippen molar-refractivity contribution in [1.29, 1.82) is 0 Å². The lowest BCUT2D eigenvalue weighted by Gasteiger charge is -2.37. The van der Waals surface area contributed by atoms with E-state index in [4.69, 9.17) is 36.9 Å². The molecule has 2 amide bonds. The number of hydrogen-bond acceptors (Lipinski definition) is 11. The molecule has 0 bridgehead atoms. The van der Waals surface area contributed by atoms with Crippen LogP contribution in [0, 0.1) is 23.7 Å². The van der Waals surface area contributed by atoms with Crippen molar-refractivity contribution >= 4 is 46.5 Å². The zero-order valence-corrected chi connectivity index (χ0v) is 42.2. The van der Waals surface area contributed by atoms with Gasteiger partial charge in [-0.25, -0.2) is 0 Å². The third-order valence-corrected chi connectivity index (χ3v) is 14.3. The molecule has 0 spiro atoms. The van der Waals surface area contributed by atoms with Gasteiger partial charge in [-0.3, -0.25) is 24.2 Å². The van der Waals surface area contributed by atoms with Gasteiger partial charge in [0.1, 0.15) is 30.2 Å². The van der Waals surface area contributed by atoms with Gasteiger partial charge in [-0.05, 0) is 172 Å². The number of likely N-dealkylation sites (tertiary alicyclic amines) is 4. The molecule has 15 heteroatoms. The van der Waals surface area contributed by atoms with Crippen LogP contribution in [0.4, 0.5) is 0 Å². The topological polar surface area (TPSA) is 119 Å². The van der Waals surface area contributed by atoms with Crippen molar-refractivity contribution in [2.45, 2.75) is 77.5 Å². The summed E-state index contributed by atoms with van der Waals surface area (Å²) in [6, 6.07) is 23.1. The molecule has 2 aromatic heterocycles. The van der Waals surface area contributed by atoms with Crippen molar-refractivity contribution in [2.75, 3.05) is 87.7 Å². The number of rotatable bonds is 15. The van der Waals surface area contributed by atoms with Crippen molar-refractivity contribution in [3.8, 4) is 0 Å². The van der Waals surface area contributed by atoms with E-state index in [-0.39, 0.29) is 35.4 Å². The largest absolute Gasteiger partial charge is 0.463 e. The van der Waals surface area contributed by atoms with Crippen LogP contribution in [0.5, 0.6) is 0 Å². The fourth-order valence-corrected chi connectivity index (χ4v) is 10.4. The number of halogens is 2. The Hall–Kier alpha value is -4.50. The lowest BCUT2D eigenvalue weighted by Crippen LogP contribution is -2.46. The van der Waals surface area contributed by atoms with Crippen LogP contribution in [0.25, 0.3) is 0 Å². The number of nitrogens with zero attached hydrogens (tertiary/aromatic N) is 7. The Morgan fingerprint density at radius 3 is 1.29 bits per heavy atom. The van der Waals surface area contributed by atoms with E-state index in [1.807, 2.05) is 63.4 Å². The number of Topliss-reactive ketones (excluding diaryl/α,β-unsaturated/α-hetero) is 1. The molecule has 4 aromatic rings. The van der Waals surface area contributed by atoms with Crippen LogP contribution < -0.4 is 0 Å². The number of benzene rings is 2. The molecule has 4 aliphatic heterocycles. The molecule has 0 aliphatic carbocycles. The Morgan fingerprint density at radius 2 is 0.897 bits per heavy atom. The van der Waals surface area contributed by atoms with Crippen LogP contribution in [-0.4, -0.2) is 140 Å². The molecular weight excluding hydrogens is 902 g/mol. The predicted molar refractivity (Wildman–Crippen MR) is 268 cm³/mol. The molecule has 0 radical (unpaired) electrons. The molecule has 0 N–H and O–H groups in total. The van der Waals surface area contributed by atoms with Gasteiger partial charge in [-0.2, -0.15) is 0 Å². The maximum Gasteiger partial charge on any atom is 0.225 e. The van der Waals surface area contributed by atoms with Crippen molar-refractivity contribution in [2.24, 2.45) is 28.8 Å². The number of piperidine rings is 4. The van der Waals surface area contributed by atoms with E-state index in [1.165, 1.54) is 0 Å². The first-order chi connectivity index (χ1) is 32.8. The minimum Gasteiger partial charge on any atom is -0.463 e. The monoisotopic (exact) mass is 971 g/mol. The lowest BCUT2D eigenvalue weighted by molar-refractivity contribution is -0.139. The Balaban J connectivity index is 0.000000202. The van der Waals surface area contributed by atoms with E-state index in [0.717, 1.165) is 151 Å². The molecule has 0 unspecified atom stereocenters. The molecule has 4 fully saturated rings.